The average Bonchev–Trinajstić information content (AvgIpc) is 2.99. The fraction of sp³-hybridized carbons (Fsp3) is 0.188. The van der Waals surface area contributed by atoms with Gasteiger partial charge >= 0.3 is 7.75 Å². The van der Waals surface area contributed by atoms with Gasteiger partial charge in [0.25, 0.3) is 0 Å². The number of nitrogens with one attached hydrogen (secondary N) is 2. The smallest absolute Gasteiger partial charge is 0.412 e. The molecule has 1 aromatic heterocycles. The molecule has 0 radical (unpaired) electrons. The van der Waals surface area contributed by atoms with Crippen molar-refractivity contribution >= 4 is 34.4 Å². The summed E-state index contributed by atoms with van der Waals surface area (Å²) in [5.41, 5.74) is 4.86. The number of nitrogens with zero attached hydrogens (tertiary/aromatic N) is 1. The fourth-order valence-corrected chi connectivity index (χ4v) is 4.25. The number of aromatic nitrogens is 1. The summed E-state index contributed by atoms with van der Waals surface area (Å²) in [4.78, 5) is 4.50. The Morgan fingerprint density at radius 3 is 2.67 bits per heavy atom. The van der Waals surface area contributed by atoms with Gasteiger partial charge < -0.3 is 4.52 Å². The highest BCUT2D eigenvalue weighted by Crippen LogP contribution is 2.44. The molecule has 3 rings (SSSR count). The maximum Gasteiger partial charge on any atom is 0.476 e. The minimum Gasteiger partial charge on any atom is -0.412 e. The summed E-state index contributed by atoms with van der Waals surface area (Å²) in [5, 5.41) is 3.24. The van der Waals surface area contributed by atoms with Crippen LogP contribution in [-0.2, 0) is 9.09 Å². The quantitative estimate of drug-likeness (QED) is 0.466. The molecule has 1 atom stereocenters. The van der Waals surface area contributed by atoms with Crippen LogP contribution in [0.2, 0.25) is 0 Å². The van der Waals surface area contributed by atoms with Crippen LogP contribution < -0.4 is 15.1 Å². The third-order valence-electron chi connectivity index (χ3n) is 3.19. The second-order valence-electron chi connectivity index (χ2n) is 5.00. The van der Waals surface area contributed by atoms with E-state index in [2.05, 4.69) is 15.6 Å². The summed E-state index contributed by atoms with van der Waals surface area (Å²) in [6.45, 7) is 4.00. The van der Waals surface area contributed by atoms with Crippen LogP contribution in [0.4, 0.5) is 5.13 Å². The Morgan fingerprint density at radius 1 is 1.17 bits per heavy atom. The first-order chi connectivity index (χ1) is 11.6. The molecule has 0 fully saturated rings. The molecular formula is C16H18N3O3PS. The zero-order valence-corrected chi connectivity index (χ0v) is 15.1. The Balaban J connectivity index is 1.75. The molecule has 1 heterocycles. The van der Waals surface area contributed by atoms with Crippen LogP contribution in [0.1, 0.15) is 12.5 Å². The van der Waals surface area contributed by atoms with Crippen molar-refractivity contribution in [2.24, 2.45) is 0 Å². The van der Waals surface area contributed by atoms with Gasteiger partial charge in [0.15, 0.2) is 5.13 Å². The zero-order chi connectivity index (χ0) is 17.0. The van der Waals surface area contributed by atoms with Crippen LogP contribution >= 0.6 is 19.1 Å². The highest BCUT2D eigenvalue weighted by Gasteiger charge is 2.26. The molecule has 8 heteroatoms. The molecule has 0 saturated heterocycles. The Bertz CT molecular complexity index is 869. The van der Waals surface area contributed by atoms with Crippen LogP contribution in [0.15, 0.2) is 48.5 Å². The number of aryl methyl sites for hydroxylation is 1. The van der Waals surface area contributed by atoms with Crippen LogP contribution in [0.5, 0.6) is 5.75 Å². The van der Waals surface area contributed by atoms with Gasteiger partial charge in [-0.3, -0.25) is 9.95 Å². The van der Waals surface area contributed by atoms with Crippen molar-refractivity contribution in [1.82, 2.24) is 10.2 Å². The molecule has 2 aromatic carbocycles. The molecule has 3 aromatic rings. The van der Waals surface area contributed by atoms with E-state index in [9.17, 15) is 4.57 Å². The van der Waals surface area contributed by atoms with Crippen LogP contribution in [-0.4, -0.2) is 11.6 Å². The van der Waals surface area contributed by atoms with Gasteiger partial charge in [-0.25, -0.2) is 9.55 Å². The largest absolute Gasteiger partial charge is 0.476 e. The minimum atomic E-state index is -3.56. The highest BCUT2D eigenvalue weighted by molar-refractivity contribution is 7.52. The van der Waals surface area contributed by atoms with E-state index < -0.39 is 7.75 Å². The fourth-order valence-electron chi connectivity index (χ4n) is 2.13. The topological polar surface area (TPSA) is 72.5 Å². The van der Waals surface area contributed by atoms with Gasteiger partial charge in [-0.1, -0.05) is 41.7 Å². The third kappa shape index (κ3) is 3.94. The molecule has 2 N–H and O–H groups in total. The maximum absolute atomic E-state index is 12.8. The molecule has 1 unspecified atom stereocenters. The molecule has 0 saturated carbocycles. The maximum atomic E-state index is 12.8. The molecule has 126 valence electrons. The summed E-state index contributed by atoms with van der Waals surface area (Å²) in [6.07, 6.45) is 0. The van der Waals surface area contributed by atoms with Crippen molar-refractivity contribution in [2.45, 2.75) is 13.8 Å². The van der Waals surface area contributed by atoms with Crippen LogP contribution in [0.3, 0.4) is 0 Å². The molecular weight excluding hydrogens is 345 g/mol. The predicted molar refractivity (Wildman–Crippen MR) is 97.4 cm³/mol. The number of benzene rings is 2. The molecule has 0 amide bonds. The number of anilines is 1. The van der Waals surface area contributed by atoms with Gasteiger partial charge in [0.2, 0.25) is 0 Å². The first-order valence-electron chi connectivity index (χ1n) is 7.48. The van der Waals surface area contributed by atoms with E-state index in [0.717, 1.165) is 15.8 Å². The Hall–Kier alpha value is -1.92. The van der Waals surface area contributed by atoms with Gasteiger partial charge in [0.05, 0.1) is 16.8 Å². The van der Waals surface area contributed by atoms with Crippen molar-refractivity contribution in [1.29, 1.82) is 0 Å². The van der Waals surface area contributed by atoms with Gasteiger partial charge in [0.1, 0.15) is 5.75 Å². The number of hydrazine groups is 1. The molecule has 0 aliphatic carbocycles. The molecule has 0 aliphatic heterocycles. The van der Waals surface area contributed by atoms with Crippen molar-refractivity contribution < 1.29 is 13.6 Å². The van der Waals surface area contributed by atoms with Gasteiger partial charge in [-0.2, -0.15) is 0 Å². The Labute approximate surface area is 144 Å². The van der Waals surface area contributed by atoms with Crippen molar-refractivity contribution in [2.75, 3.05) is 12.0 Å². The van der Waals surface area contributed by atoms with E-state index in [-0.39, 0.29) is 6.61 Å². The molecule has 6 nitrogen and oxygen atoms in total. The minimum absolute atomic E-state index is 0.248. The summed E-state index contributed by atoms with van der Waals surface area (Å²) in [5.74, 6) is 0.462. The van der Waals surface area contributed by atoms with E-state index in [4.69, 9.17) is 9.05 Å². The second kappa shape index (κ2) is 7.32. The summed E-state index contributed by atoms with van der Waals surface area (Å²) < 4.78 is 24.6. The van der Waals surface area contributed by atoms with E-state index in [1.165, 1.54) is 11.3 Å². The van der Waals surface area contributed by atoms with E-state index in [0.29, 0.717) is 10.9 Å². The monoisotopic (exact) mass is 363 g/mol. The molecule has 24 heavy (non-hydrogen) atoms. The lowest BCUT2D eigenvalue weighted by atomic mass is 10.2. The summed E-state index contributed by atoms with van der Waals surface area (Å²) in [7, 11) is -3.56. The second-order valence-corrected chi connectivity index (χ2v) is 7.69. The Morgan fingerprint density at radius 2 is 1.96 bits per heavy atom. The normalized spacial score (nSPS) is 13.6. The van der Waals surface area contributed by atoms with E-state index >= 15 is 0 Å². The number of thiazole rings is 1. The standard InChI is InChI=1S/C16H18N3O3PS/c1-3-21-23(20,22-13-9-5-4-6-10-13)19-18-16-17-15-12(2)8-7-11-14(15)24-16/h4-11H,3H2,1-2H3,(H,17,18)(H,19,20). The SMILES string of the molecule is CCOP(=O)(NNc1nc2c(C)cccc2s1)Oc1ccccc1. The Kier molecular flexibility index (Phi) is 5.16. The van der Waals surface area contributed by atoms with Crippen LogP contribution in [0.25, 0.3) is 10.2 Å². The number of fused-ring (bicyclic) bond motifs is 1. The van der Waals surface area contributed by atoms with Crippen LogP contribution in [0, 0.1) is 6.92 Å². The van der Waals surface area contributed by atoms with Gasteiger partial charge in [-0.15, -0.1) is 5.20 Å². The molecule has 0 aliphatic rings. The summed E-state index contributed by atoms with van der Waals surface area (Å²) >= 11 is 1.46. The lowest BCUT2D eigenvalue weighted by molar-refractivity contribution is 0.271. The van der Waals surface area contributed by atoms with E-state index in [1.54, 1.807) is 31.2 Å². The zero-order valence-electron chi connectivity index (χ0n) is 13.4. The van der Waals surface area contributed by atoms with Gasteiger partial charge in [-0.05, 0) is 37.6 Å². The summed E-state index contributed by atoms with van der Waals surface area (Å²) in [6, 6.07) is 14.9. The average molecular weight is 363 g/mol. The van der Waals surface area contributed by atoms with Gasteiger partial charge in [0, 0.05) is 0 Å². The number of para-hydroxylation sites is 2. The predicted octanol–water partition coefficient (Wildman–Crippen LogP) is 4.74. The third-order valence-corrected chi connectivity index (χ3v) is 5.56. The number of hydrogen-bond donors (Lipinski definition) is 2. The molecule has 0 spiro atoms. The van der Waals surface area contributed by atoms with E-state index in [1.807, 2.05) is 31.2 Å². The van der Waals surface area contributed by atoms with Crippen molar-refractivity contribution in [3.63, 3.8) is 0 Å². The lowest BCUT2D eigenvalue weighted by Crippen LogP contribution is -2.22. The highest BCUT2D eigenvalue weighted by atomic mass is 32.1. The molecule has 0 bridgehead atoms. The van der Waals surface area contributed by atoms with Crippen molar-refractivity contribution in [3.8, 4) is 5.75 Å². The lowest BCUT2D eigenvalue weighted by Gasteiger charge is -2.19. The van der Waals surface area contributed by atoms with Crippen molar-refractivity contribution in [3.05, 3.63) is 54.1 Å². The first-order valence-corrected chi connectivity index (χ1v) is 9.84. The number of hydrogen-bond acceptors (Lipinski definition) is 6. The number of rotatable bonds is 7. The first kappa shape index (κ1) is 16.9.